The number of carbonyl (C=O) groups is 3. The number of carbonyl (C=O) groups excluding carboxylic acids is 3. The van der Waals surface area contributed by atoms with Crippen molar-refractivity contribution >= 4 is 17.8 Å². The lowest BCUT2D eigenvalue weighted by molar-refractivity contribution is -0.141. The van der Waals surface area contributed by atoms with Crippen molar-refractivity contribution in [2.75, 3.05) is 13.7 Å². The molecule has 0 bridgehead atoms. The van der Waals surface area contributed by atoms with Crippen molar-refractivity contribution in [1.82, 2.24) is 5.32 Å². The maximum Gasteiger partial charge on any atom is 0.305 e. The molecular formula is C11H18N2O5. The molecule has 0 aromatic rings. The fraction of sp³-hybridized carbons (Fsp3) is 0.727. The number of nitrogens with two attached hydrogens (primary N) is 1. The highest BCUT2D eigenvalue weighted by molar-refractivity contribution is 5.89. The van der Waals surface area contributed by atoms with Gasteiger partial charge in [0.15, 0.2) is 0 Å². The number of hydrogen-bond donors (Lipinski definition) is 2. The van der Waals surface area contributed by atoms with Crippen LogP contribution in [0, 0.1) is 0 Å². The molecule has 0 aromatic heterocycles. The maximum atomic E-state index is 11.7. The zero-order valence-corrected chi connectivity index (χ0v) is 10.3. The molecule has 1 heterocycles. The van der Waals surface area contributed by atoms with Crippen LogP contribution in [0.1, 0.15) is 25.7 Å². The van der Waals surface area contributed by atoms with Crippen molar-refractivity contribution in [3.63, 3.8) is 0 Å². The summed E-state index contributed by atoms with van der Waals surface area (Å²) in [5.74, 6) is -1.49. The van der Waals surface area contributed by atoms with Crippen molar-refractivity contribution in [1.29, 1.82) is 0 Å². The molecule has 0 spiro atoms. The maximum absolute atomic E-state index is 11.7. The largest absolute Gasteiger partial charge is 0.469 e. The third-order valence-corrected chi connectivity index (χ3v) is 2.75. The van der Waals surface area contributed by atoms with Crippen LogP contribution in [0.3, 0.4) is 0 Å². The van der Waals surface area contributed by atoms with Crippen LogP contribution in [-0.2, 0) is 23.9 Å². The first-order valence-electron chi connectivity index (χ1n) is 5.82. The molecule has 7 heteroatoms. The summed E-state index contributed by atoms with van der Waals surface area (Å²) in [6.07, 6.45) is 1.08. The molecule has 102 valence electrons. The highest BCUT2D eigenvalue weighted by Gasteiger charge is 2.27. The molecule has 2 amide bonds. The van der Waals surface area contributed by atoms with E-state index in [0.29, 0.717) is 13.0 Å². The average Bonchev–Trinajstić information content (AvgIpc) is 2.87. The number of amides is 2. The van der Waals surface area contributed by atoms with Crippen LogP contribution in [0.2, 0.25) is 0 Å². The molecule has 0 unspecified atom stereocenters. The van der Waals surface area contributed by atoms with Gasteiger partial charge in [-0.1, -0.05) is 0 Å². The molecule has 0 saturated carbocycles. The minimum atomic E-state index is -0.874. The van der Waals surface area contributed by atoms with Gasteiger partial charge in [0.05, 0.1) is 7.11 Å². The van der Waals surface area contributed by atoms with E-state index in [1.165, 1.54) is 7.11 Å². The van der Waals surface area contributed by atoms with E-state index < -0.39 is 24.0 Å². The number of esters is 1. The van der Waals surface area contributed by atoms with E-state index in [0.717, 1.165) is 6.42 Å². The molecular weight excluding hydrogens is 240 g/mol. The van der Waals surface area contributed by atoms with E-state index in [4.69, 9.17) is 10.5 Å². The van der Waals surface area contributed by atoms with E-state index in [2.05, 4.69) is 10.1 Å². The van der Waals surface area contributed by atoms with Crippen molar-refractivity contribution in [2.45, 2.75) is 37.8 Å². The quantitative estimate of drug-likeness (QED) is 0.599. The van der Waals surface area contributed by atoms with E-state index in [1.807, 2.05) is 0 Å². The molecule has 0 aliphatic carbocycles. The predicted octanol–water partition coefficient (Wildman–Crippen LogP) is -0.911. The molecule has 18 heavy (non-hydrogen) atoms. The van der Waals surface area contributed by atoms with Crippen molar-refractivity contribution in [3.8, 4) is 0 Å². The smallest absolute Gasteiger partial charge is 0.305 e. The zero-order valence-electron chi connectivity index (χ0n) is 10.3. The Bertz CT molecular complexity index is 325. The molecule has 1 rings (SSSR count). The van der Waals surface area contributed by atoms with Gasteiger partial charge in [-0.05, 0) is 19.3 Å². The second kappa shape index (κ2) is 6.95. The van der Waals surface area contributed by atoms with Crippen LogP contribution in [0.5, 0.6) is 0 Å². The average molecular weight is 258 g/mol. The van der Waals surface area contributed by atoms with Gasteiger partial charge in [0.25, 0.3) is 0 Å². The van der Waals surface area contributed by atoms with E-state index in [-0.39, 0.29) is 18.7 Å². The fourth-order valence-corrected chi connectivity index (χ4v) is 1.70. The number of ether oxygens (including phenoxy) is 2. The molecule has 0 radical (unpaired) electrons. The fourth-order valence-electron chi connectivity index (χ4n) is 1.70. The second-order valence-corrected chi connectivity index (χ2v) is 4.08. The van der Waals surface area contributed by atoms with Crippen LogP contribution in [-0.4, -0.2) is 43.6 Å². The normalized spacial score (nSPS) is 20.2. The summed E-state index contributed by atoms with van der Waals surface area (Å²) in [4.78, 5) is 33.8. The summed E-state index contributed by atoms with van der Waals surface area (Å²) in [5, 5.41) is 2.49. The summed E-state index contributed by atoms with van der Waals surface area (Å²) in [6.45, 7) is 0.543. The van der Waals surface area contributed by atoms with Crippen LogP contribution in [0.15, 0.2) is 0 Å². The summed E-state index contributed by atoms with van der Waals surface area (Å²) < 4.78 is 9.64. The minimum absolute atomic E-state index is 0.0237. The zero-order chi connectivity index (χ0) is 13.5. The van der Waals surface area contributed by atoms with Gasteiger partial charge >= 0.3 is 5.97 Å². The third kappa shape index (κ3) is 4.33. The Morgan fingerprint density at radius 2 is 2.22 bits per heavy atom. The number of methoxy groups -OCH3 is 1. The van der Waals surface area contributed by atoms with Gasteiger partial charge in [0.1, 0.15) is 12.1 Å². The number of hydrogen-bond acceptors (Lipinski definition) is 5. The number of primary amides is 1. The monoisotopic (exact) mass is 258 g/mol. The Balaban J connectivity index is 2.44. The molecule has 1 fully saturated rings. The van der Waals surface area contributed by atoms with Gasteiger partial charge in [0, 0.05) is 13.0 Å². The lowest BCUT2D eigenvalue weighted by Gasteiger charge is -2.17. The van der Waals surface area contributed by atoms with Gasteiger partial charge in [0.2, 0.25) is 11.8 Å². The van der Waals surface area contributed by atoms with E-state index in [1.54, 1.807) is 0 Å². The van der Waals surface area contributed by atoms with Crippen LogP contribution < -0.4 is 11.1 Å². The third-order valence-electron chi connectivity index (χ3n) is 2.75. The van der Waals surface area contributed by atoms with Crippen molar-refractivity contribution in [2.24, 2.45) is 5.73 Å². The Morgan fingerprint density at radius 3 is 2.72 bits per heavy atom. The topological polar surface area (TPSA) is 108 Å². The number of nitrogens with one attached hydrogen (secondary N) is 1. The van der Waals surface area contributed by atoms with Crippen molar-refractivity contribution < 1.29 is 23.9 Å². The Hall–Kier alpha value is -1.63. The molecule has 7 nitrogen and oxygen atoms in total. The predicted molar refractivity (Wildman–Crippen MR) is 61.3 cm³/mol. The van der Waals surface area contributed by atoms with Crippen LogP contribution >= 0.6 is 0 Å². The van der Waals surface area contributed by atoms with Gasteiger partial charge in [-0.15, -0.1) is 0 Å². The lowest BCUT2D eigenvalue weighted by Crippen LogP contribution is -2.48. The lowest BCUT2D eigenvalue weighted by atomic mass is 10.1. The highest BCUT2D eigenvalue weighted by Crippen LogP contribution is 2.12. The van der Waals surface area contributed by atoms with Gasteiger partial charge < -0.3 is 20.5 Å². The SMILES string of the molecule is COC(=O)CC[C@H](NC(=O)[C@H]1CCCO1)C(N)=O. The minimum Gasteiger partial charge on any atom is -0.469 e. The molecule has 3 N–H and O–H groups in total. The summed E-state index contributed by atoms with van der Waals surface area (Å²) >= 11 is 0. The molecule has 1 saturated heterocycles. The first-order chi connectivity index (χ1) is 8.54. The molecule has 2 atom stereocenters. The first-order valence-corrected chi connectivity index (χ1v) is 5.82. The summed E-state index contributed by atoms with van der Waals surface area (Å²) in [6, 6.07) is -0.874. The molecule has 1 aliphatic heterocycles. The summed E-state index contributed by atoms with van der Waals surface area (Å²) in [5.41, 5.74) is 5.16. The Labute approximate surface area is 105 Å². The van der Waals surface area contributed by atoms with Gasteiger partial charge in [-0.25, -0.2) is 0 Å². The molecule has 0 aromatic carbocycles. The van der Waals surface area contributed by atoms with Gasteiger partial charge in [-0.3, -0.25) is 14.4 Å². The second-order valence-electron chi connectivity index (χ2n) is 4.08. The molecule has 1 aliphatic rings. The first kappa shape index (κ1) is 14.4. The Morgan fingerprint density at radius 1 is 1.50 bits per heavy atom. The van der Waals surface area contributed by atoms with Crippen molar-refractivity contribution in [3.05, 3.63) is 0 Å². The Kier molecular flexibility index (Phi) is 5.57. The highest BCUT2D eigenvalue weighted by atomic mass is 16.5. The van der Waals surface area contributed by atoms with E-state index >= 15 is 0 Å². The van der Waals surface area contributed by atoms with Gasteiger partial charge in [-0.2, -0.15) is 0 Å². The van der Waals surface area contributed by atoms with Crippen LogP contribution in [0.25, 0.3) is 0 Å². The number of rotatable bonds is 6. The summed E-state index contributed by atoms with van der Waals surface area (Å²) in [7, 11) is 1.26. The van der Waals surface area contributed by atoms with E-state index in [9.17, 15) is 14.4 Å². The van der Waals surface area contributed by atoms with Crippen LogP contribution in [0.4, 0.5) is 0 Å². The standard InChI is InChI=1S/C11H18N2O5/c1-17-9(14)5-4-7(10(12)15)13-11(16)8-3-2-6-18-8/h7-8H,2-6H2,1H3,(H2,12,15)(H,13,16)/t7-,8+/m0/s1.